The first-order valence-corrected chi connectivity index (χ1v) is 11.5. The molecule has 2 aromatic rings. The third-order valence-corrected chi connectivity index (χ3v) is 6.02. The van der Waals surface area contributed by atoms with Crippen LogP contribution in [0, 0.1) is 25.0 Å². The summed E-state index contributed by atoms with van der Waals surface area (Å²) in [4.78, 5) is 23.1. The summed E-state index contributed by atoms with van der Waals surface area (Å²) in [5.41, 5.74) is 7.52. The van der Waals surface area contributed by atoms with Crippen LogP contribution in [0.25, 0.3) is 0 Å². The Morgan fingerprint density at radius 1 is 1.31 bits per heavy atom. The number of allylic oxidation sites excluding steroid dienone is 2. The highest BCUT2D eigenvalue weighted by Gasteiger charge is 2.37. The second-order valence-electron chi connectivity index (χ2n) is 7.36. The molecule has 10 nitrogen and oxygen atoms in total. The van der Waals surface area contributed by atoms with E-state index in [0.717, 1.165) is 5.56 Å². The Morgan fingerprint density at radius 3 is 2.57 bits per heavy atom. The van der Waals surface area contributed by atoms with E-state index in [4.69, 9.17) is 24.7 Å². The van der Waals surface area contributed by atoms with Gasteiger partial charge in [-0.15, -0.1) is 0 Å². The quantitative estimate of drug-likeness (QED) is 0.204. The molecule has 182 valence electrons. The summed E-state index contributed by atoms with van der Waals surface area (Å²) >= 11 is 2.07. The van der Waals surface area contributed by atoms with Crippen molar-refractivity contribution >= 4 is 34.2 Å². The van der Waals surface area contributed by atoms with Gasteiger partial charge in [-0.25, -0.2) is 4.79 Å². The Kier molecular flexibility index (Phi) is 8.18. The fourth-order valence-electron chi connectivity index (χ4n) is 3.60. The van der Waals surface area contributed by atoms with Gasteiger partial charge in [0.2, 0.25) is 5.88 Å². The van der Waals surface area contributed by atoms with Gasteiger partial charge in [-0.1, -0.05) is 0 Å². The molecule has 0 radical (unpaired) electrons. The fraction of sp³-hybridized carbons (Fsp3) is 0.250. The van der Waals surface area contributed by atoms with Crippen LogP contribution in [0.3, 0.4) is 0 Å². The van der Waals surface area contributed by atoms with Gasteiger partial charge in [0.1, 0.15) is 24.0 Å². The number of methoxy groups -OCH3 is 1. The topological polar surface area (TPSA) is 147 Å². The van der Waals surface area contributed by atoms with E-state index >= 15 is 0 Å². The van der Waals surface area contributed by atoms with Crippen molar-refractivity contribution in [3.63, 3.8) is 0 Å². The molecular weight excluding hydrogens is 569 g/mol. The maximum atomic E-state index is 12.8. The SMILES string of the molecule is CCOC(=O)C1=C(C)OC(N)=C(C#N)C1c1cc(I)c(OCc2ccc([N+](=O)[O-])cc2)c(OC)c1. The summed E-state index contributed by atoms with van der Waals surface area (Å²) in [7, 11) is 1.47. The van der Waals surface area contributed by atoms with Crippen molar-refractivity contribution in [2.24, 2.45) is 5.73 Å². The average molecular weight is 591 g/mol. The molecule has 0 aromatic heterocycles. The lowest BCUT2D eigenvalue weighted by atomic mass is 9.83. The number of halogens is 1. The van der Waals surface area contributed by atoms with E-state index in [1.54, 1.807) is 38.1 Å². The van der Waals surface area contributed by atoms with Gasteiger partial charge in [0.15, 0.2) is 11.5 Å². The molecule has 0 aliphatic carbocycles. The number of nitriles is 1. The molecule has 35 heavy (non-hydrogen) atoms. The second kappa shape index (κ2) is 11.1. The minimum atomic E-state index is -0.820. The zero-order valence-electron chi connectivity index (χ0n) is 19.2. The van der Waals surface area contributed by atoms with Crippen LogP contribution in [0.1, 0.15) is 30.9 Å². The van der Waals surface area contributed by atoms with Gasteiger partial charge < -0.3 is 24.7 Å². The van der Waals surface area contributed by atoms with Crippen molar-refractivity contribution < 1.29 is 28.7 Å². The molecule has 1 atom stereocenters. The number of rotatable bonds is 8. The molecule has 0 fully saturated rings. The van der Waals surface area contributed by atoms with Gasteiger partial charge in [0, 0.05) is 12.1 Å². The Labute approximate surface area is 215 Å². The van der Waals surface area contributed by atoms with Crippen molar-refractivity contribution in [1.82, 2.24) is 0 Å². The number of hydrogen-bond donors (Lipinski definition) is 1. The lowest BCUT2D eigenvalue weighted by molar-refractivity contribution is -0.384. The summed E-state index contributed by atoms with van der Waals surface area (Å²) in [5, 5.41) is 20.6. The molecule has 2 N–H and O–H groups in total. The number of nitrogens with two attached hydrogens (primary N) is 1. The first-order valence-electron chi connectivity index (χ1n) is 10.4. The highest BCUT2D eigenvalue weighted by molar-refractivity contribution is 14.1. The summed E-state index contributed by atoms with van der Waals surface area (Å²) in [5.74, 6) is -0.456. The zero-order chi connectivity index (χ0) is 25.7. The zero-order valence-corrected chi connectivity index (χ0v) is 21.3. The monoisotopic (exact) mass is 591 g/mol. The number of nitro groups is 1. The van der Waals surface area contributed by atoms with E-state index in [1.807, 2.05) is 6.07 Å². The highest BCUT2D eigenvalue weighted by atomic mass is 127. The Hall–Kier alpha value is -3.79. The Bertz CT molecular complexity index is 1260. The van der Waals surface area contributed by atoms with Crippen molar-refractivity contribution in [3.8, 4) is 17.6 Å². The summed E-state index contributed by atoms with van der Waals surface area (Å²) in [6.45, 7) is 3.57. The van der Waals surface area contributed by atoms with Gasteiger partial charge in [-0.05, 0) is 71.8 Å². The lowest BCUT2D eigenvalue weighted by Crippen LogP contribution is -2.25. The van der Waals surface area contributed by atoms with Crippen molar-refractivity contribution in [2.75, 3.05) is 13.7 Å². The largest absolute Gasteiger partial charge is 0.493 e. The Morgan fingerprint density at radius 2 is 2.00 bits per heavy atom. The van der Waals surface area contributed by atoms with Gasteiger partial charge in [0.05, 0.1) is 33.7 Å². The maximum absolute atomic E-state index is 12.8. The van der Waals surface area contributed by atoms with E-state index in [9.17, 15) is 20.2 Å². The summed E-state index contributed by atoms with van der Waals surface area (Å²) in [6.07, 6.45) is 0. The van der Waals surface area contributed by atoms with Crippen LogP contribution < -0.4 is 15.2 Å². The highest BCUT2D eigenvalue weighted by Crippen LogP contribution is 2.44. The smallest absolute Gasteiger partial charge is 0.338 e. The number of hydrogen-bond acceptors (Lipinski definition) is 9. The minimum Gasteiger partial charge on any atom is -0.493 e. The fourth-order valence-corrected chi connectivity index (χ4v) is 4.39. The number of carbonyl (C=O) groups excluding carboxylic acids is 1. The number of nitro benzene ring substituents is 1. The van der Waals surface area contributed by atoms with Crippen LogP contribution in [-0.4, -0.2) is 24.6 Å². The first kappa shape index (κ1) is 25.8. The van der Waals surface area contributed by atoms with Crippen LogP contribution in [0.4, 0.5) is 5.69 Å². The van der Waals surface area contributed by atoms with Crippen molar-refractivity contribution in [1.29, 1.82) is 5.26 Å². The molecule has 0 spiro atoms. The van der Waals surface area contributed by atoms with Crippen LogP contribution >= 0.6 is 22.6 Å². The molecule has 1 heterocycles. The number of esters is 1. The van der Waals surface area contributed by atoms with Gasteiger partial charge in [-0.3, -0.25) is 10.1 Å². The van der Waals surface area contributed by atoms with Crippen LogP contribution in [0.15, 0.2) is 59.2 Å². The molecule has 1 aliphatic heterocycles. The molecule has 0 saturated heterocycles. The number of nitrogens with zero attached hydrogens (tertiary/aromatic N) is 2. The third kappa shape index (κ3) is 5.48. The predicted octanol–water partition coefficient (Wildman–Crippen LogP) is 4.43. The molecule has 0 saturated carbocycles. The molecule has 3 rings (SSSR count). The van der Waals surface area contributed by atoms with Crippen LogP contribution in [-0.2, 0) is 20.9 Å². The molecule has 2 aromatic carbocycles. The van der Waals surface area contributed by atoms with Crippen LogP contribution in [0.5, 0.6) is 11.5 Å². The normalized spacial score (nSPS) is 15.2. The number of benzene rings is 2. The van der Waals surface area contributed by atoms with E-state index < -0.39 is 16.8 Å². The predicted molar refractivity (Wildman–Crippen MR) is 133 cm³/mol. The third-order valence-electron chi connectivity index (χ3n) is 5.22. The van der Waals surface area contributed by atoms with E-state index in [2.05, 4.69) is 22.6 Å². The Balaban J connectivity index is 1.99. The minimum absolute atomic E-state index is 0.0110. The molecular formula is C24H22IN3O7. The number of ether oxygens (including phenoxy) is 4. The number of non-ortho nitro benzene ring substituents is 1. The molecule has 11 heteroatoms. The lowest BCUT2D eigenvalue weighted by Gasteiger charge is -2.27. The van der Waals surface area contributed by atoms with Crippen LogP contribution in [0.2, 0.25) is 0 Å². The van der Waals surface area contributed by atoms with E-state index in [1.165, 1.54) is 19.2 Å². The van der Waals surface area contributed by atoms with E-state index in [0.29, 0.717) is 20.6 Å². The van der Waals surface area contributed by atoms with E-state index in [-0.39, 0.29) is 41.7 Å². The maximum Gasteiger partial charge on any atom is 0.338 e. The van der Waals surface area contributed by atoms with Gasteiger partial charge in [-0.2, -0.15) is 5.26 Å². The molecule has 1 unspecified atom stereocenters. The first-order chi connectivity index (χ1) is 16.7. The van der Waals surface area contributed by atoms with Crippen molar-refractivity contribution in [3.05, 3.63) is 84.0 Å². The molecule has 0 amide bonds. The summed E-state index contributed by atoms with van der Waals surface area (Å²) < 4.78 is 22.8. The number of carbonyl (C=O) groups is 1. The second-order valence-corrected chi connectivity index (χ2v) is 8.52. The standard InChI is InChI=1S/C24H22IN3O7/c1-4-33-24(29)20-13(2)35-23(27)17(11-26)21(20)15-9-18(25)22(19(10-15)32-3)34-12-14-5-7-16(8-6-14)28(30)31/h5-10,21H,4,12,27H2,1-3H3. The van der Waals surface area contributed by atoms with Gasteiger partial charge in [0.25, 0.3) is 5.69 Å². The molecule has 0 bridgehead atoms. The summed E-state index contributed by atoms with van der Waals surface area (Å²) in [6, 6.07) is 11.5. The molecule has 1 aliphatic rings. The average Bonchev–Trinajstić information content (AvgIpc) is 2.82. The van der Waals surface area contributed by atoms with Crippen molar-refractivity contribution in [2.45, 2.75) is 26.4 Å². The van der Waals surface area contributed by atoms with Gasteiger partial charge >= 0.3 is 5.97 Å².